The van der Waals surface area contributed by atoms with Gasteiger partial charge in [0.1, 0.15) is 5.69 Å². The zero-order chi connectivity index (χ0) is 22.1. The van der Waals surface area contributed by atoms with Gasteiger partial charge in [-0.05, 0) is 32.4 Å². The standard InChI is InChI=1S/C25H22N2O4/c1-14-21(16(3)28)15(2)27-22(14)25(30)31-24(17-9-5-4-6-10-17)23(29)19-13-26-20-12-8-7-11-18(19)20/h4-13,24,26-27H,1-3H3. The molecule has 0 spiro atoms. The summed E-state index contributed by atoms with van der Waals surface area (Å²) in [6.45, 7) is 4.87. The lowest BCUT2D eigenvalue weighted by Crippen LogP contribution is -2.21. The lowest BCUT2D eigenvalue weighted by molar-refractivity contribution is 0.0274. The molecule has 4 rings (SSSR count). The maximum atomic E-state index is 13.5. The Morgan fingerprint density at radius 1 is 0.935 bits per heavy atom. The van der Waals surface area contributed by atoms with Crippen molar-refractivity contribution in [3.63, 3.8) is 0 Å². The van der Waals surface area contributed by atoms with Crippen LogP contribution < -0.4 is 0 Å². The molecular weight excluding hydrogens is 392 g/mol. The first-order valence-electron chi connectivity index (χ1n) is 9.94. The molecule has 1 unspecified atom stereocenters. The number of rotatable bonds is 6. The van der Waals surface area contributed by atoms with Crippen LogP contribution in [0.3, 0.4) is 0 Å². The van der Waals surface area contributed by atoms with Crippen molar-refractivity contribution in [2.45, 2.75) is 26.9 Å². The third kappa shape index (κ3) is 3.68. The number of aromatic nitrogens is 2. The first-order chi connectivity index (χ1) is 14.9. The van der Waals surface area contributed by atoms with Gasteiger partial charge >= 0.3 is 5.97 Å². The number of esters is 1. The molecule has 0 saturated heterocycles. The van der Waals surface area contributed by atoms with Gasteiger partial charge in [0, 0.05) is 39.5 Å². The van der Waals surface area contributed by atoms with E-state index in [1.54, 1.807) is 44.3 Å². The Morgan fingerprint density at radius 2 is 1.61 bits per heavy atom. The van der Waals surface area contributed by atoms with Gasteiger partial charge in [-0.3, -0.25) is 9.59 Å². The number of aromatic amines is 2. The van der Waals surface area contributed by atoms with E-state index < -0.39 is 12.1 Å². The minimum absolute atomic E-state index is 0.139. The molecule has 4 aromatic rings. The fourth-order valence-electron chi connectivity index (χ4n) is 3.97. The van der Waals surface area contributed by atoms with Gasteiger partial charge in [-0.25, -0.2) is 4.79 Å². The van der Waals surface area contributed by atoms with Crippen LogP contribution in [0.15, 0.2) is 60.8 Å². The van der Waals surface area contributed by atoms with Crippen molar-refractivity contribution in [1.82, 2.24) is 9.97 Å². The van der Waals surface area contributed by atoms with Gasteiger partial charge in [0.05, 0.1) is 0 Å². The van der Waals surface area contributed by atoms with E-state index >= 15 is 0 Å². The lowest BCUT2D eigenvalue weighted by atomic mass is 9.99. The molecule has 2 aromatic carbocycles. The summed E-state index contributed by atoms with van der Waals surface area (Å²) in [4.78, 5) is 44.5. The third-order valence-electron chi connectivity index (χ3n) is 5.41. The van der Waals surface area contributed by atoms with Crippen LogP contribution in [0.25, 0.3) is 10.9 Å². The Hall–Kier alpha value is -3.93. The number of para-hydroxylation sites is 1. The number of nitrogens with one attached hydrogen (secondary N) is 2. The second-order valence-corrected chi connectivity index (χ2v) is 7.49. The van der Waals surface area contributed by atoms with Crippen LogP contribution in [0.5, 0.6) is 0 Å². The molecule has 0 saturated carbocycles. The average Bonchev–Trinajstić information content (AvgIpc) is 3.32. The number of fused-ring (bicyclic) bond motifs is 1. The number of hydrogen-bond donors (Lipinski definition) is 2. The number of aryl methyl sites for hydroxylation is 1. The molecule has 0 fully saturated rings. The fourth-order valence-corrected chi connectivity index (χ4v) is 3.97. The topological polar surface area (TPSA) is 92.0 Å². The van der Waals surface area contributed by atoms with Crippen molar-refractivity contribution < 1.29 is 19.1 Å². The average molecular weight is 414 g/mol. The summed E-state index contributed by atoms with van der Waals surface area (Å²) in [5.41, 5.74) is 3.59. The van der Waals surface area contributed by atoms with Crippen LogP contribution in [0.4, 0.5) is 0 Å². The highest BCUT2D eigenvalue weighted by atomic mass is 16.5. The van der Waals surface area contributed by atoms with E-state index in [1.807, 2.05) is 30.3 Å². The summed E-state index contributed by atoms with van der Waals surface area (Å²) in [7, 11) is 0. The molecule has 1 atom stereocenters. The summed E-state index contributed by atoms with van der Waals surface area (Å²) >= 11 is 0. The molecule has 0 radical (unpaired) electrons. The number of ketones is 2. The molecule has 2 heterocycles. The van der Waals surface area contributed by atoms with E-state index in [2.05, 4.69) is 9.97 Å². The van der Waals surface area contributed by atoms with Gasteiger partial charge in [0.15, 0.2) is 11.9 Å². The SMILES string of the molecule is CC(=O)c1c(C)[nH]c(C(=O)OC(C(=O)c2c[nH]c3ccccc23)c2ccccc2)c1C. The number of benzene rings is 2. The van der Waals surface area contributed by atoms with E-state index in [0.717, 1.165) is 10.9 Å². The molecule has 0 aliphatic heterocycles. The molecule has 31 heavy (non-hydrogen) atoms. The second-order valence-electron chi connectivity index (χ2n) is 7.49. The third-order valence-corrected chi connectivity index (χ3v) is 5.41. The summed E-state index contributed by atoms with van der Waals surface area (Å²) < 4.78 is 5.74. The number of H-pyrrole nitrogens is 2. The van der Waals surface area contributed by atoms with Gasteiger partial charge < -0.3 is 14.7 Å². The molecule has 0 aliphatic rings. The van der Waals surface area contributed by atoms with E-state index in [4.69, 9.17) is 4.74 Å². The lowest BCUT2D eigenvalue weighted by Gasteiger charge is -2.17. The molecular formula is C25H22N2O4. The Balaban J connectivity index is 1.73. The number of Topliss-reactive ketones (excluding diaryl/α,β-unsaturated/α-hetero) is 2. The fraction of sp³-hybridized carbons (Fsp3) is 0.160. The smallest absolute Gasteiger partial charge is 0.356 e. The van der Waals surface area contributed by atoms with Crippen LogP contribution >= 0.6 is 0 Å². The monoisotopic (exact) mass is 414 g/mol. The van der Waals surface area contributed by atoms with Crippen molar-refractivity contribution in [3.05, 3.63) is 94.4 Å². The second kappa shape index (κ2) is 8.07. The van der Waals surface area contributed by atoms with Gasteiger partial charge in [-0.1, -0.05) is 48.5 Å². The van der Waals surface area contributed by atoms with Gasteiger partial charge in [-0.2, -0.15) is 0 Å². The highest BCUT2D eigenvalue weighted by Crippen LogP contribution is 2.29. The molecule has 6 nitrogen and oxygen atoms in total. The summed E-state index contributed by atoms with van der Waals surface area (Å²) in [6.07, 6.45) is 0.506. The van der Waals surface area contributed by atoms with Crippen LogP contribution in [0.1, 0.15) is 61.1 Å². The minimum Gasteiger partial charge on any atom is -0.444 e. The Morgan fingerprint density at radius 3 is 2.29 bits per heavy atom. The number of ether oxygens (including phenoxy) is 1. The number of carbonyl (C=O) groups excluding carboxylic acids is 3. The Labute approximate surface area is 179 Å². The molecule has 2 aromatic heterocycles. The first kappa shape index (κ1) is 20.3. The largest absolute Gasteiger partial charge is 0.444 e. The van der Waals surface area contributed by atoms with Crippen molar-refractivity contribution in [3.8, 4) is 0 Å². The highest BCUT2D eigenvalue weighted by Gasteiger charge is 2.30. The van der Waals surface area contributed by atoms with Gasteiger partial charge in [0.2, 0.25) is 5.78 Å². The summed E-state index contributed by atoms with van der Waals surface area (Å²) in [5, 5.41) is 0.759. The maximum Gasteiger partial charge on any atom is 0.356 e. The molecule has 6 heteroatoms. The van der Waals surface area contributed by atoms with E-state index in [9.17, 15) is 14.4 Å². The highest BCUT2D eigenvalue weighted by molar-refractivity contribution is 6.11. The first-order valence-corrected chi connectivity index (χ1v) is 9.94. The molecule has 0 bridgehead atoms. The van der Waals surface area contributed by atoms with Crippen LogP contribution in [-0.2, 0) is 4.74 Å². The van der Waals surface area contributed by atoms with Gasteiger partial charge in [-0.15, -0.1) is 0 Å². The van der Waals surface area contributed by atoms with Crippen LogP contribution in [0, 0.1) is 13.8 Å². The zero-order valence-electron chi connectivity index (χ0n) is 17.5. The normalized spacial score (nSPS) is 12.0. The number of carbonyl (C=O) groups is 3. The quantitative estimate of drug-likeness (QED) is 0.339. The molecule has 0 aliphatic carbocycles. The summed E-state index contributed by atoms with van der Waals surface area (Å²) in [6, 6.07) is 16.4. The van der Waals surface area contributed by atoms with Crippen molar-refractivity contribution in [1.29, 1.82) is 0 Å². The van der Waals surface area contributed by atoms with E-state index in [1.165, 1.54) is 6.92 Å². The van der Waals surface area contributed by atoms with Crippen molar-refractivity contribution >= 4 is 28.4 Å². The van der Waals surface area contributed by atoms with Crippen LogP contribution in [-0.4, -0.2) is 27.5 Å². The van der Waals surface area contributed by atoms with Crippen molar-refractivity contribution in [2.24, 2.45) is 0 Å². The van der Waals surface area contributed by atoms with Crippen molar-refractivity contribution in [2.75, 3.05) is 0 Å². The summed E-state index contributed by atoms with van der Waals surface area (Å²) in [5.74, 6) is -1.15. The Kier molecular flexibility index (Phi) is 5.29. The molecule has 2 N–H and O–H groups in total. The predicted octanol–water partition coefficient (Wildman–Crippen LogP) is 5.10. The number of hydrogen-bond acceptors (Lipinski definition) is 4. The Bertz CT molecular complexity index is 1300. The van der Waals surface area contributed by atoms with E-state index in [0.29, 0.717) is 27.9 Å². The minimum atomic E-state index is -1.13. The molecule has 156 valence electrons. The maximum absolute atomic E-state index is 13.5. The predicted molar refractivity (Wildman–Crippen MR) is 117 cm³/mol. The zero-order valence-corrected chi connectivity index (χ0v) is 17.5. The van der Waals surface area contributed by atoms with Crippen LogP contribution in [0.2, 0.25) is 0 Å². The van der Waals surface area contributed by atoms with Gasteiger partial charge in [0.25, 0.3) is 0 Å². The van der Waals surface area contributed by atoms with E-state index in [-0.39, 0.29) is 17.3 Å². The molecule has 0 amide bonds.